The first-order valence-corrected chi connectivity index (χ1v) is 6.79. The van der Waals surface area contributed by atoms with E-state index in [1.165, 1.54) is 30.7 Å². The Kier molecular flexibility index (Phi) is 5.06. The van der Waals surface area contributed by atoms with Crippen molar-refractivity contribution in [2.45, 2.75) is 32.1 Å². The standard InChI is InChI=1S/C15H22N2O/c1-18-14-8-5-4-7-13(14)10-12-17-15-9-3-2-6-11-16-15/h4-5,7-8H,2-3,6,9-12H2,1H3,(H,16,17). The summed E-state index contributed by atoms with van der Waals surface area (Å²) in [5, 5.41) is 3.46. The van der Waals surface area contributed by atoms with Gasteiger partial charge in [-0.05, 0) is 30.9 Å². The fourth-order valence-electron chi connectivity index (χ4n) is 2.27. The summed E-state index contributed by atoms with van der Waals surface area (Å²) in [5.41, 5.74) is 1.25. The molecule has 0 aliphatic carbocycles. The summed E-state index contributed by atoms with van der Waals surface area (Å²) in [6.45, 7) is 1.91. The number of amidine groups is 1. The van der Waals surface area contributed by atoms with Crippen LogP contribution in [0.25, 0.3) is 0 Å². The number of hydrogen-bond donors (Lipinski definition) is 1. The van der Waals surface area contributed by atoms with Crippen molar-refractivity contribution in [3.8, 4) is 5.75 Å². The van der Waals surface area contributed by atoms with E-state index in [0.29, 0.717) is 0 Å². The van der Waals surface area contributed by atoms with Crippen LogP contribution in [0.15, 0.2) is 29.3 Å². The van der Waals surface area contributed by atoms with Gasteiger partial charge in [-0.1, -0.05) is 24.6 Å². The second-order valence-electron chi connectivity index (χ2n) is 4.63. The zero-order valence-electron chi connectivity index (χ0n) is 11.1. The van der Waals surface area contributed by atoms with E-state index in [4.69, 9.17) is 4.74 Å². The summed E-state index contributed by atoms with van der Waals surface area (Å²) in [6.07, 6.45) is 5.88. The van der Waals surface area contributed by atoms with Crippen LogP contribution in [-0.2, 0) is 6.42 Å². The van der Waals surface area contributed by atoms with E-state index in [2.05, 4.69) is 22.4 Å². The molecule has 3 nitrogen and oxygen atoms in total. The molecule has 0 saturated heterocycles. The van der Waals surface area contributed by atoms with Gasteiger partial charge in [0.15, 0.2) is 0 Å². The Balaban J connectivity index is 1.82. The van der Waals surface area contributed by atoms with Crippen LogP contribution in [0.1, 0.15) is 31.2 Å². The lowest BCUT2D eigenvalue weighted by atomic mass is 10.1. The van der Waals surface area contributed by atoms with Crippen molar-refractivity contribution < 1.29 is 4.74 Å². The second-order valence-corrected chi connectivity index (χ2v) is 4.63. The third kappa shape index (κ3) is 3.76. The molecule has 0 radical (unpaired) electrons. The van der Waals surface area contributed by atoms with Crippen LogP contribution in [0.4, 0.5) is 0 Å². The lowest BCUT2D eigenvalue weighted by molar-refractivity contribution is 0.409. The van der Waals surface area contributed by atoms with Gasteiger partial charge in [-0.2, -0.15) is 0 Å². The molecular weight excluding hydrogens is 224 g/mol. The topological polar surface area (TPSA) is 33.6 Å². The predicted octanol–water partition coefficient (Wildman–Crippen LogP) is 2.80. The van der Waals surface area contributed by atoms with Crippen LogP contribution in [-0.4, -0.2) is 26.0 Å². The average Bonchev–Trinajstić information content (AvgIpc) is 2.68. The number of ether oxygens (including phenoxy) is 1. The molecule has 1 aliphatic heterocycles. The number of methoxy groups -OCH3 is 1. The van der Waals surface area contributed by atoms with Gasteiger partial charge in [0.1, 0.15) is 5.75 Å². The van der Waals surface area contributed by atoms with Gasteiger partial charge in [-0.3, -0.25) is 4.99 Å². The Morgan fingerprint density at radius 3 is 3.00 bits per heavy atom. The van der Waals surface area contributed by atoms with Gasteiger partial charge in [0.25, 0.3) is 0 Å². The maximum Gasteiger partial charge on any atom is 0.122 e. The van der Waals surface area contributed by atoms with Gasteiger partial charge in [-0.15, -0.1) is 0 Å². The molecule has 1 heterocycles. The van der Waals surface area contributed by atoms with Gasteiger partial charge in [-0.25, -0.2) is 0 Å². The van der Waals surface area contributed by atoms with Crippen LogP contribution in [0.2, 0.25) is 0 Å². The minimum absolute atomic E-state index is 0.930. The number of benzene rings is 1. The molecule has 0 spiro atoms. The molecule has 2 rings (SSSR count). The zero-order chi connectivity index (χ0) is 12.6. The molecule has 1 aromatic rings. The number of nitrogens with zero attached hydrogens (tertiary/aromatic N) is 1. The minimum Gasteiger partial charge on any atom is -0.496 e. The van der Waals surface area contributed by atoms with Crippen molar-refractivity contribution in [1.82, 2.24) is 5.32 Å². The Morgan fingerprint density at radius 2 is 2.11 bits per heavy atom. The molecule has 0 bridgehead atoms. The number of nitrogens with one attached hydrogen (secondary N) is 1. The van der Waals surface area contributed by atoms with Crippen molar-refractivity contribution >= 4 is 5.84 Å². The predicted molar refractivity (Wildman–Crippen MR) is 75.5 cm³/mol. The Labute approximate surface area is 109 Å². The fraction of sp³-hybridized carbons (Fsp3) is 0.533. The SMILES string of the molecule is COc1ccccc1CCNC1=NCCCCC1. The highest BCUT2D eigenvalue weighted by molar-refractivity contribution is 5.82. The summed E-state index contributed by atoms with van der Waals surface area (Å²) < 4.78 is 5.35. The lowest BCUT2D eigenvalue weighted by Gasteiger charge is -2.10. The van der Waals surface area contributed by atoms with Crippen molar-refractivity contribution in [3.05, 3.63) is 29.8 Å². The highest BCUT2D eigenvalue weighted by Crippen LogP contribution is 2.17. The molecule has 0 aromatic heterocycles. The number of hydrogen-bond acceptors (Lipinski definition) is 3. The third-order valence-electron chi connectivity index (χ3n) is 3.29. The first-order valence-electron chi connectivity index (χ1n) is 6.79. The van der Waals surface area contributed by atoms with Crippen molar-refractivity contribution in [2.75, 3.05) is 20.2 Å². The number of aliphatic imine (C=N–C) groups is 1. The molecule has 1 aromatic carbocycles. The van der Waals surface area contributed by atoms with Crippen molar-refractivity contribution in [1.29, 1.82) is 0 Å². The highest BCUT2D eigenvalue weighted by atomic mass is 16.5. The van der Waals surface area contributed by atoms with Crippen LogP contribution >= 0.6 is 0 Å². The molecule has 1 N–H and O–H groups in total. The minimum atomic E-state index is 0.930. The van der Waals surface area contributed by atoms with E-state index in [1.54, 1.807) is 7.11 Å². The molecule has 98 valence electrons. The largest absolute Gasteiger partial charge is 0.496 e. The smallest absolute Gasteiger partial charge is 0.122 e. The van der Waals surface area contributed by atoms with Crippen LogP contribution in [0, 0.1) is 0 Å². The first kappa shape index (κ1) is 12.9. The summed E-state index contributed by atoms with van der Waals surface area (Å²) >= 11 is 0. The molecule has 1 aliphatic rings. The maximum absolute atomic E-state index is 5.35. The van der Waals surface area contributed by atoms with Crippen LogP contribution in [0.3, 0.4) is 0 Å². The molecule has 0 atom stereocenters. The van der Waals surface area contributed by atoms with E-state index < -0.39 is 0 Å². The van der Waals surface area contributed by atoms with Crippen LogP contribution < -0.4 is 10.1 Å². The Hall–Kier alpha value is -1.51. The Morgan fingerprint density at radius 1 is 1.22 bits per heavy atom. The zero-order valence-corrected chi connectivity index (χ0v) is 11.1. The van der Waals surface area contributed by atoms with E-state index in [0.717, 1.165) is 31.7 Å². The van der Waals surface area contributed by atoms with Gasteiger partial charge < -0.3 is 10.1 Å². The van der Waals surface area contributed by atoms with E-state index in [9.17, 15) is 0 Å². The van der Waals surface area contributed by atoms with E-state index in [-0.39, 0.29) is 0 Å². The number of rotatable bonds is 4. The average molecular weight is 246 g/mol. The third-order valence-corrected chi connectivity index (χ3v) is 3.29. The first-order chi connectivity index (χ1) is 8.90. The lowest BCUT2D eigenvalue weighted by Crippen LogP contribution is -2.25. The molecule has 0 amide bonds. The molecule has 0 saturated carbocycles. The van der Waals surface area contributed by atoms with Gasteiger partial charge in [0.05, 0.1) is 12.9 Å². The summed E-state index contributed by atoms with van der Waals surface area (Å²) in [7, 11) is 1.72. The molecule has 0 unspecified atom stereocenters. The Bertz CT molecular complexity index is 401. The maximum atomic E-state index is 5.35. The number of para-hydroxylation sites is 1. The van der Waals surface area contributed by atoms with Gasteiger partial charge in [0.2, 0.25) is 0 Å². The summed E-state index contributed by atoms with van der Waals surface area (Å²) in [6, 6.07) is 8.19. The van der Waals surface area contributed by atoms with Crippen molar-refractivity contribution in [2.24, 2.45) is 4.99 Å². The molecule has 18 heavy (non-hydrogen) atoms. The van der Waals surface area contributed by atoms with Crippen molar-refractivity contribution in [3.63, 3.8) is 0 Å². The monoisotopic (exact) mass is 246 g/mol. The second kappa shape index (κ2) is 7.04. The molecular formula is C15H22N2O. The quantitative estimate of drug-likeness (QED) is 0.886. The van der Waals surface area contributed by atoms with Gasteiger partial charge >= 0.3 is 0 Å². The summed E-state index contributed by atoms with van der Waals surface area (Å²) in [4.78, 5) is 4.57. The molecule has 0 fully saturated rings. The summed E-state index contributed by atoms with van der Waals surface area (Å²) in [5.74, 6) is 2.16. The normalized spacial score (nSPS) is 15.7. The van der Waals surface area contributed by atoms with E-state index in [1.807, 2.05) is 12.1 Å². The van der Waals surface area contributed by atoms with E-state index >= 15 is 0 Å². The van der Waals surface area contributed by atoms with Crippen LogP contribution in [0.5, 0.6) is 5.75 Å². The highest BCUT2D eigenvalue weighted by Gasteiger charge is 2.05. The fourth-order valence-corrected chi connectivity index (χ4v) is 2.27. The van der Waals surface area contributed by atoms with Gasteiger partial charge in [0, 0.05) is 19.5 Å². The molecule has 3 heteroatoms.